The van der Waals surface area contributed by atoms with Gasteiger partial charge in [-0.25, -0.2) is 0 Å². The number of halogens is 3. The number of alkyl halides is 3. The Bertz CT molecular complexity index is 509. The van der Waals surface area contributed by atoms with Gasteiger partial charge < -0.3 is 5.73 Å². The van der Waals surface area contributed by atoms with Gasteiger partial charge in [0.25, 0.3) is 0 Å². The zero-order chi connectivity index (χ0) is 14.9. The van der Waals surface area contributed by atoms with Crippen molar-refractivity contribution in [2.75, 3.05) is 6.54 Å². The highest BCUT2D eigenvalue weighted by Crippen LogP contribution is 2.46. The van der Waals surface area contributed by atoms with Crippen molar-refractivity contribution < 1.29 is 13.2 Å². The molecule has 2 rings (SSSR count). The number of nitrogens with two attached hydrogens (primary N) is 1. The van der Waals surface area contributed by atoms with Gasteiger partial charge >= 0.3 is 6.18 Å². The predicted molar refractivity (Wildman–Crippen MR) is 74.6 cm³/mol. The standard InChI is InChI=1S/C16H20F3N/c1-10(2)7-13(9-20)12-5-6-14(11-3-4-11)15(8-12)16(17,18)19/h5-8,11,13H,3-4,9,20H2,1-2H3. The van der Waals surface area contributed by atoms with Crippen molar-refractivity contribution in [2.45, 2.75) is 44.7 Å². The molecule has 4 heteroatoms. The highest BCUT2D eigenvalue weighted by atomic mass is 19.4. The van der Waals surface area contributed by atoms with Crippen LogP contribution in [0.5, 0.6) is 0 Å². The molecule has 1 atom stereocenters. The van der Waals surface area contributed by atoms with Crippen LogP contribution in [0.2, 0.25) is 0 Å². The molecule has 1 aromatic rings. The molecule has 0 aromatic heterocycles. The largest absolute Gasteiger partial charge is 0.416 e. The molecule has 1 saturated carbocycles. The van der Waals surface area contributed by atoms with E-state index >= 15 is 0 Å². The minimum Gasteiger partial charge on any atom is -0.330 e. The van der Waals surface area contributed by atoms with Gasteiger partial charge in [0, 0.05) is 12.5 Å². The van der Waals surface area contributed by atoms with Crippen molar-refractivity contribution in [3.05, 3.63) is 46.5 Å². The number of hydrogen-bond donors (Lipinski definition) is 1. The van der Waals surface area contributed by atoms with Gasteiger partial charge in [0.05, 0.1) is 5.56 Å². The van der Waals surface area contributed by atoms with Crippen molar-refractivity contribution in [1.82, 2.24) is 0 Å². The maximum absolute atomic E-state index is 13.2. The molecule has 20 heavy (non-hydrogen) atoms. The number of allylic oxidation sites excluding steroid dienone is 1. The average molecular weight is 283 g/mol. The Morgan fingerprint density at radius 2 is 2.00 bits per heavy atom. The van der Waals surface area contributed by atoms with E-state index in [1.54, 1.807) is 12.1 Å². The van der Waals surface area contributed by atoms with E-state index in [0.29, 0.717) is 17.7 Å². The normalized spacial score (nSPS) is 16.9. The fourth-order valence-corrected chi connectivity index (χ4v) is 2.50. The summed E-state index contributed by atoms with van der Waals surface area (Å²) >= 11 is 0. The monoisotopic (exact) mass is 283 g/mol. The molecule has 0 saturated heterocycles. The summed E-state index contributed by atoms with van der Waals surface area (Å²) in [6, 6.07) is 4.71. The minimum absolute atomic E-state index is 0.0838. The summed E-state index contributed by atoms with van der Waals surface area (Å²) in [4.78, 5) is 0. The third-order valence-corrected chi connectivity index (χ3v) is 3.62. The van der Waals surface area contributed by atoms with Gasteiger partial charge in [-0.3, -0.25) is 0 Å². The van der Waals surface area contributed by atoms with Crippen molar-refractivity contribution >= 4 is 0 Å². The van der Waals surface area contributed by atoms with Gasteiger partial charge in [-0.15, -0.1) is 0 Å². The molecule has 1 nitrogen and oxygen atoms in total. The molecule has 2 N–H and O–H groups in total. The average Bonchev–Trinajstić information content (AvgIpc) is 3.18. The maximum atomic E-state index is 13.2. The molecular formula is C16H20F3N. The van der Waals surface area contributed by atoms with Gasteiger partial charge in [-0.05, 0) is 49.8 Å². The van der Waals surface area contributed by atoms with E-state index in [4.69, 9.17) is 5.73 Å². The van der Waals surface area contributed by atoms with Crippen LogP contribution in [0.25, 0.3) is 0 Å². The fraction of sp³-hybridized carbons (Fsp3) is 0.500. The molecule has 0 aliphatic heterocycles. The summed E-state index contributed by atoms with van der Waals surface area (Å²) in [5, 5.41) is 0. The summed E-state index contributed by atoms with van der Waals surface area (Å²) < 4.78 is 39.6. The molecule has 1 aromatic carbocycles. The first-order chi connectivity index (χ1) is 9.32. The SMILES string of the molecule is CC(C)=CC(CN)c1ccc(C2CC2)c(C(F)(F)F)c1. The van der Waals surface area contributed by atoms with E-state index in [9.17, 15) is 13.2 Å². The number of rotatable bonds is 4. The van der Waals surface area contributed by atoms with Crippen LogP contribution >= 0.6 is 0 Å². The van der Waals surface area contributed by atoms with E-state index in [2.05, 4.69) is 0 Å². The highest BCUT2D eigenvalue weighted by molar-refractivity contribution is 5.41. The number of benzene rings is 1. The molecule has 1 aliphatic rings. The summed E-state index contributed by atoms with van der Waals surface area (Å²) in [5.74, 6) is -0.0743. The van der Waals surface area contributed by atoms with Gasteiger partial charge in [0.15, 0.2) is 0 Å². The van der Waals surface area contributed by atoms with Crippen LogP contribution in [0.1, 0.15) is 55.2 Å². The minimum atomic E-state index is -4.29. The lowest BCUT2D eigenvalue weighted by atomic mass is 9.92. The zero-order valence-electron chi connectivity index (χ0n) is 11.8. The maximum Gasteiger partial charge on any atom is 0.416 e. The molecule has 1 unspecified atom stereocenters. The van der Waals surface area contributed by atoms with Crippen molar-refractivity contribution in [3.8, 4) is 0 Å². The molecule has 110 valence electrons. The second kappa shape index (κ2) is 5.60. The first-order valence-corrected chi connectivity index (χ1v) is 6.89. The summed E-state index contributed by atoms with van der Waals surface area (Å²) in [7, 11) is 0. The topological polar surface area (TPSA) is 26.0 Å². The smallest absolute Gasteiger partial charge is 0.330 e. The van der Waals surface area contributed by atoms with E-state index in [-0.39, 0.29) is 11.8 Å². The molecule has 0 amide bonds. The van der Waals surface area contributed by atoms with Crippen molar-refractivity contribution in [3.63, 3.8) is 0 Å². The fourth-order valence-electron chi connectivity index (χ4n) is 2.50. The van der Waals surface area contributed by atoms with Crippen LogP contribution in [0.3, 0.4) is 0 Å². The van der Waals surface area contributed by atoms with E-state index in [1.165, 1.54) is 6.07 Å². The van der Waals surface area contributed by atoms with E-state index < -0.39 is 11.7 Å². The summed E-state index contributed by atoms with van der Waals surface area (Å²) in [6.45, 7) is 4.16. The van der Waals surface area contributed by atoms with Crippen LogP contribution in [-0.2, 0) is 6.18 Å². The lowest BCUT2D eigenvalue weighted by Crippen LogP contribution is -2.14. The van der Waals surface area contributed by atoms with Crippen LogP contribution in [-0.4, -0.2) is 6.54 Å². The Morgan fingerprint density at radius 3 is 2.45 bits per heavy atom. The molecule has 0 bridgehead atoms. The Kier molecular flexibility index (Phi) is 4.23. The van der Waals surface area contributed by atoms with Gasteiger partial charge in [-0.2, -0.15) is 13.2 Å². The lowest BCUT2D eigenvalue weighted by Gasteiger charge is -2.17. The first kappa shape index (κ1) is 15.1. The molecule has 1 aliphatic carbocycles. The van der Waals surface area contributed by atoms with Gasteiger partial charge in [0.2, 0.25) is 0 Å². The lowest BCUT2D eigenvalue weighted by molar-refractivity contribution is -0.138. The summed E-state index contributed by atoms with van der Waals surface area (Å²) in [6.07, 6.45) is -0.655. The second-order valence-corrected chi connectivity index (χ2v) is 5.70. The Balaban J connectivity index is 2.43. The quantitative estimate of drug-likeness (QED) is 0.803. The third-order valence-electron chi connectivity index (χ3n) is 3.62. The number of hydrogen-bond acceptors (Lipinski definition) is 1. The molecule has 0 spiro atoms. The van der Waals surface area contributed by atoms with Crippen LogP contribution < -0.4 is 5.73 Å². The Hall–Kier alpha value is -1.29. The Labute approximate surface area is 117 Å². The highest BCUT2D eigenvalue weighted by Gasteiger charge is 2.38. The molecule has 0 radical (unpaired) electrons. The van der Waals surface area contributed by atoms with Crippen molar-refractivity contribution in [2.24, 2.45) is 5.73 Å². The zero-order valence-corrected chi connectivity index (χ0v) is 11.8. The van der Waals surface area contributed by atoms with Gasteiger partial charge in [0.1, 0.15) is 0 Å². The van der Waals surface area contributed by atoms with Crippen molar-refractivity contribution in [1.29, 1.82) is 0 Å². The predicted octanol–water partition coefficient (Wildman–Crippen LogP) is 4.59. The van der Waals surface area contributed by atoms with Crippen LogP contribution in [0, 0.1) is 0 Å². The van der Waals surface area contributed by atoms with Crippen LogP contribution in [0.15, 0.2) is 29.8 Å². The summed E-state index contributed by atoms with van der Waals surface area (Å²) in [5.41, 5.74) is 7.35. The van der Waals surface area contributed by atoms with E-state index in [1.807, 2.05) is 19.9 Å². The molecule has 1 fully saturated rings. The van der Waals surface area contributed by atoms with Gasteiger partial charge in [-0.1, -0.05) is 23.8 Å². The molecular weight excluding hydrogens is 263 g/mol. The second-order valence-electron chi connectivity index (χ2n) is 5.70. The Morgan fingerprint density at radius 1 is 1.35 bits per heavy atom. The first-order valence-electron chi connectivity index (χ1n) is 6.89. The van der Waals surface area contributed by atoms with E-state index in [0.717, 1.165) is 18.4 Å². The third kappa shape index (κ3) is 3.42. The van der Waals surface area contributed by atoms with Crippen LogP contribution in [0.4, 0.5) is 13.2 Å². The molecule has 0 heterocycles.